The molecule has 1 aromatic heterocycles. The number of ether oxygens (including phenoxy) is 1. The van der Waals surface area contributed by atoms with Crippen LogP contribution in [-0.2, 0) is 7.05 Å². The van der Waals surface area contributed by atoms with Gasteiger partial charge in [0.25, 0.3) is 5.91 Å². The van der Waals surface area contributed by atoms with Crippen molar-refractivity contribution >= 4 is 17.6 Å². The number of aromatic nitrogens is 2. The van der Waals surface area contributed by atoms with E-state index in [0.717, 1.165) is 11.1 Å². The molecular formula is C24H19N3O3. The van der Waals surface area contributed by atoms with E-state index < -0.39 is 5.97 Å². The van der Waals surface area contributed by atoms with E-state index in [9.17, 15) is 9.59 Å². The molecule has 0 aliphatic rings. The van der Waals surface area contributed by atoms with Gasteiger partial charge in [0, 0.05) is 18.9 Å². The summed E-state index contributed by atoms with van der Waals surface area (Å²) in [4.78, 5) is 24.6. The Labute approximate surface area is 173 Å². The normalized spacial score (nSPS) is 10.4. The number of amides is 1. The van der Waals surface area contributed by atoms with E-state index in [-0.39, 0.29) is 5.91 Å². The molecule has 0 aliphatic heterocycles. The Balaban J connectivity index is 1.38. The van der Waals surface area contributed by atoms with Crippen LogP contribution >= 0.6 is 0 Å². The summed E-state index contributed by atoms with van der Waals surface area (Å²) in [5.74, 6) is -0.306. The van der Waals surface area contributed by atoms with Crippen LogP contribution in [0.1, 0.15) is 20.7 Å². The highest BCUT2D eigenvalue weighted by Crippen LogP contribution is 2.21. The number of nitrogens with one attached hydrogen (secondary N) is 1. The average molecular weight is 397 g/mol. The fourth-order valence-electron chi connectivity index (χ4n) is 2.94. The van der Waals surface area contributed by atoms with Gasteiger partial charge in [0.2, 0.25) is 0 Å². The number of hydrogen-bond acceptors (Lipinski definition) is 4. The van der Waals surface area contributed by atoms with Gasteiger partial charge in [-0.2, -0.15) is 5.10 Å². The van der Waals surface area contributed by atoms with Gasteiger partial charge in [0.05, 0.1) is 17.3 Å². The highest BCUT2D eigenvalue weighted by atomic mass is 16.5. The van der Waals surface area contributed by atoms with Crippen LogP contribution in [0.3, 0.4) is 0 Å². The molecule has 1 amide bonds. The van der Waals surface area contributed by atoms with Gasteiger partial charge in [-0.05, 0) is 47.5 Å². The molecule has 4 rings (SSSR count). The van der Waals surface area contributed by atoms with Gasteiger partial charge in [0.15, 0.2) is 0 Å². The Kier molecular flexibility index (Phi) is 5.39. The zero-order valence-corrected chi connectivity index (χ0v) is 16.3. The van der Waals surface area contributed by atoms with Crippen molar-refractivity contribution in [2.24, 2.45) is 7.05 Å². The van der Waals surface area contributed by atoms with Crippen molar-refractivity contribution in [2.45, 2.75) is 0 Å². The minimum atomic E-state index is -0.443. The number of rotatable bonds is 5. The molecule has 0 saturated heterocycles. The van der Waals surface area contributed by atoms with Gasteiger partial charge < -0.3 is 10.1 Å². The van der Waals surface area contributed by atoms with E-state index in [1.54, 1.807) is 54.3 Å². The summed E-state index contributed by atoms with van der Waals surface area (Å²) >= 11 is 0. The van der Waals surface area contributed by atoms with Gasteiger partial charge in [0.1, 0.15) is 5.75 Å². The van der Waals surface area contributed by atoms with E-state index in [4.69, 9.17) is 4.74 Å². The van der Waals surface area contributed by atoms with Gasteiger partial charge in [-0.3, -0.25) is 9.48 Å². The third kappa shape index (κ3) is 4.44. The maximum atomic E-state index is 12.4. The Morgan fingerprint density at radius 2 is 1.50 bits per heavy atom. The van der Waals surface area contributed by atoms with Crippen LogP contribution in [0.5, 0.6) is 5.75 Å². The molecule has 4 aromatic rings. The number of nitrogens with zero attached hydrogens (tertiary/aromatic N) is 2. The number of carbonyl (C=O) groups excluding carboxylic acids is 2. The van der Waals surface area contributed by atoms with E-state index in [1.807, 2.05) is 42.5 Å². The van der Waals surface area contributed by atoms with E-state index in [1.165, 1.54) is 6.20 Å². The topological polar surface area (TPSA) is 73.2 Å². The van der Waals surface area contributed by atoms with E-state index in [2.05, 4.69) is 10.4 Å². The predicted molar refractivity (Wildman–Crippen MR) is 114 cm³/mol. The molecule has 30 heavy (non-hydrogen) atoms. The summed E-state index contributed by atoms with van der Waals surface area (Å²) in [6.45, 7) is 0. The van der Waals surface area contributed by atoms with Crippen LogP contribution in [0.25, 0.3) is 11.1 Å². The summed E-state index contributed by atoms with van der Waals surface area (Å²) in [6.07, 6.45) is 3.13. The van der Waals surface area contributed by atoms with Crippen molar-refractivity contribution < 1.29 is 14.3 Å². The third-order valence-corrected chi connectivity index (χ3v) is 4.52. The first-order valence-electron chi connectivity index (χ1n) is 9.36. The lowest BCUT2D eigenvalue weighted by Crippen LogP contribution is -2.11. The summed E-state index contributed by atoms with van der Waals surface area (Å²) in [5, 5.41) is 6.75. The quantitative estimate of drug-likeness (QED) is 0.396. The molecule has 0 aliphatic carbocycles. The summed E-state index contributed by atoms with van der Waals surface area (Å²) < 4.78 is 6.99. The van der Waals surface area contributed by atoms with Crippen molar-refractivity contribution in [2.75, 3.05) is 5.32 Å². The number of hydrogen-bond donors (Lipinski definition) is 1. The van der Waals surface area contributed by atoms with Crippen molar-refractivity contribution in [1.82, 2.24) is 9.78 Å². The summed E-state index contributed by atoms with van der Waals surface area (Å²) in [6, 6.07) is 23.8. The zero-order chi connectivity index (χ0) is 20.9. The van der Waals surface area contributed by atoms with Crippen molar-refractivity contribution in [3.8, 4) is 16.9 Å². The minimum absolute atomic E-state index is 0.258. The fraction of sp³-hybridized carbons (Fsp3) is 0.0417. The SMILES string of the molecule is Cn1cc(C(=O)Nc2ccc(OC(=O)c3ccc(-c4ccccc4)cc3)cc2)cn1. The lowest BCUT2D eigenvalue weighted by Gasteiger charge is -2.07. The van der Waals surface area contributed by atoms with Gasteiger partial charge in [-0.25, -0.2) is 4.79 Å². The summed E-state index contributed by atoms with van der Waals surface area (Å²) in [7, 11) is 1.75. The first-order chi connectivity index (χ1) is 14.6. The second-order valence-electron chi connectivity index (χ2n) is 6.71. The third-order valence-electron chi connectivity index (χ3n) is 4.52. The smallest absolute Gasteiger partial charge is 0.343 e. The number of carbonyl (C=O) groups is 2. The molecule has 6 nitrogen and oxygen atoms in total. The number of benzene rings is 3. The number of esters is 1. The van der Waals surface area contributed by atoms with Crippen LogP contribution < -0.4 is 10.1 Å². The molecule has 0 unspecified atom stereocenters. The molecule has 0 bridgehead atoms. The van der Waals surface area contributed by atoms with Crippen LogP contribution in [0.4, 0.5) is 5.69 Å². The standard InChI is InChI=1S/C24H19N3O3/c1-27-16-20(15-25-27)23(28)26-21-11-13-22(14-12-21)30-24(29)19-9-7-18(8-10-19)17-5-3-2-4-6-17/h2-16H,1H3,(H,26,28). The Hall–Kier alpha value is -4.19. The van der Waals surface area contributed by atoms with Crippen LogP contribution in [-0.4, -0.2) is 21.7 Å². The first kappa shape index (κ1) is 19.1. The minimum Gasteiger partial charge on any atom is -0.423 e. The molecule has 1 N–H and O–H groups in total. The van der Waals surface area contributed by atoms with E-state index >= 15 is 0 Å². The largest absolute Gasteiger partial charge is 0.423 e. The monoisotopic (exact) mass is 397 g/mol. The second kappa shape index (κ2) is 8.45. The Morgan fingerprint density at radius 3 is 2.13 bits per heavy atom. The molecule has 148 valence electrons. The van der Waals surface area contributed by atoms with Crippen LogP contribution in [0.15, 0.2) is 91.3 Å². The lowest BCUT2D eigenvalue weighted by atomic mass is 10.0. The van der Waals surface area contributed by atoms with Crippen molar-refractivity contribution in [3.63, 3.8) is 0 Å². The van der Waals surface area contributed by atoms with Gasteiger partial charge in [-0.1, -0.05) is 42.5 Å². The molecule has 0 atom stereocenters. The Bertz CT molecular complexity index is 1160. The van der Waals surface area contributed by atoms with Crippen LogP contribution in [0.2, 0.25) is 0 Å². The first-order valence-corrected chi connectivity index (χ1v) is 9.36. The Morgan fingerprint density at radius 1 is 0.833 bits per heavy atom. The van der Waals surface area contributed by atoms with Gasteiger partial charge in [-0.15, -0.1) is 0 Å². The molecule has 0 spiro atoms. The molecule has 0 fully saturated rings. The zero-order valence-electron chi connectivity index (χ0n) is 16.3. The average Bonchev–Trinajstić information content (AvgIpc) is 3.22. The molecule has 0 saturated carbocycles. The molecule has 0 radical (unpaired) electrons. The maximum absolute atomic E-state index is 12.4. The molecular weight excluding hydrogens is 378 g/mol. The van der Waals surface area contributed by atoms with Crippen molar-refractivity contribution in [1.29, 1.82) is 0 Å². The highest BCUT2D eigenvalue weighted by Gasteiger charge is 2.11. The van der Waals surface area contributed by atoms with Gasteiger partial charge >= 0.3 is 5.97 Å². The second-order valence-corrected chi connectivity index (χ2v) is 6.71. The maximum Gasteiger partial charge on any atom is 0.343 e. The molecule has 6 heteroatoms. The van der Waals surface area contributed by atoms with Crippen molar-refractivity contribution in [3.05, 3.63) is 102 Å². The lowest BCUT2D eigenvalue weighted by molar-refractivity contribution is 0.0734. The fourth-order valence-corrected chi connectivity index (χ4v) is 2.94. The summed E-state index contributed by atoms with van der Waals surface area (Å²) in [5.41, 5.74) is 3.63. The molecule has 1 heterocycles. The number of anilines is 1. The van der Waals surface area contributed by atoms with Crippen LogP contribution in [0, 0.1) is 0 Å². The van der Waals surface area contributed by atoms with E-state index in [0.29, 0.717) is 22.6 Å². The molecule has 3 aromatic carbocycles. The highest BCUT2D eigenvalue weighted by molar-refractivity contribution is 6.04. The predicted octanol–water partition coefficient (Wildman–Crippen LogP) is 4.56. The number of aryl methyl sites for hydroxylation is 1.